The normalized spacial score (nSPS) is 12.0. The van der Waals surface area contributed by atoms with E-state index < -0.39 is 16.8 Å². The topological polar surface area (TPSA) is 72.6 Å². The third-order valence-electron chi connectivity index (χ3n) is 3.03. The molecule has 2 aromatic rings. The highest BCUT2D eigenvalue weighted by Crippen LogP contribution is 2.35. The van der Waals surface area contributed by atoms with Crippen LogP contribution in [0.5, 0.6) is 11.5 Å². The van der Waals surface area contributed by atoms with Gasteiger partial charge in [0, 0.05) is 12.1 Å². The lowest BCUT2D eigenvalue weighted by atomic mass is 10.1. The smallest absolute Gasteiger partial charge is 0.311 e. The van der Waals surface area contributed by atoms with Gasteiger partial charge in [-0.2, -0.15) is 0 Å². The van der Waals surface area contributed by atoms with Crippen molar-refractivity contribution in [3.8, 4) is 11.5 Å². The number of nitro groups is 1. The molecular formula is C15H14FNO4. The van der Waals surface area contributed by atoms with E-state index in [4.69, 9.17) is 4.74 Å². The van der Waals surface area contributed by atoms with E-state index >= 15 is 0 Å². The number of aliphatic hydroxyl groups excluding tert-OH is 1. The van der Waals surface area contributed by atoms with Crippen molar-refractivity contribution in [2.45, 2.75) is 20.0 Å². The van der Waals surface area contributed by atoms with Gasteiger partial charge in [-0.1, -0.05) is 12.1 Å². The minimum Gasteiger partial charge on any atom is -0.450 e. The first-order valence-electron chi connectivity index (χ1n) is 6.29. The highest BCUT2D eigenvalue weighted by molar-refractivity contribution is 5.51. The van der Waals surface area contributed by atoms with Crippen LogP contribution in [0.3, 0.4) is 0 Å². The van der Waals surface area contributed by atoms with Crippen LogP contribution < -0.4 is 4.74 Å². The van der Waals surface area contributed by atoms with E-state index in [-0.39, 0.29) is 17.2 Å². The third kappa shape index (κ3) is 3.35. The monoisotopic (exact) mass is 291 g/mol. The van der Waals surface area contributed by atoms with Gasteiger partial charge < -0.3 is 9.84 Å². The average Bonchev–Trinajstić information content (AvgIpc) is 2.42. The molecule has 1 N–H and O–H groups in total. The second-order valence-corrected chi connectivity index (χ2v) is 4.67. The van der Waals surface area contributed by atoms with Crippen LogP contribution in [-0.2, 0) is 0 Å². The fourth-order valence-electron chi connectivity index (χ4n) is 1.83. The summed E-state index contributed by atoms with van der Waals surface area (Å²) in [6.45, 7) is 3.22. The number of hydrogen-bond donors (Lipinski definition) is 1. The molecule has 0 aromatic heterocycles. The largest absolute Gasteiger partial charge is 0.450 e. The second-order valence-electron chi connectivity index (χ2n) is 4.67. The van der Waals surface area contributed by atoms with Crippen molar-refractivity contribution in [1.82, 2.24) is 0 Å². The number of ether oxygens (including phenoxy) is 1. The molecule has 0 aliphatic heterocycles. The summed E-state index contributed by atoms with van der Waals surface area (Å²) >= 11 is 0. The third-order valence-corrected chi connectivity index (χ3v) is 3.03. The molecule has 0 amide bonds. The highest BCUT2D eigenvalue weighted by atomic mass is 19.1. The molecule has 0 aliphatic carbocycles. The summed E-state index contributed by atoms with van der Waals surface area (Å²) in [5, 5.41) is 20.6. The maximum atomic E-state index is 13.2. The van der Waals surface area contributed by atoms with Crippen molar-refractivity contribution in [2.75, 3.05) is 0 Å². The molecule has 2 rings (SSSR count). The Bertz CT molecular complexity index is 685. The molecule has 5 nitrogen and oxygen atoms in total. The number of nitrogens with zero attached hydrogens (tertiary/aromatic N) is 1. The molecule has 0 fully saturated rings. The lowest BCUT2D eigenvalue weighted by molar-refractivity contribution is -0.385. The average molecular weight is 291 g/mol. The molecular weight excluding hydrogens is 277 g/mol. The molecule has 110 valence electrons. The van der Waals surface area contributed by atoms with Crippen molar-refractivity contribution in [2.24, 2.45) is 0 Å². The van der Waals surface area contributed by atoms with Gasteiger partial charge in [-0.15, -0.1) is 0 Å². The fraction of sp³-hybridized carbons (Fsp3) is 0.200. The summed E-state index contributed by atoms with van der Waals surface area (Å²) < 4.78 is 18.7. The number of halogens is 1. The Morgan fingerprint density at radius 1 is 1.24 bits per heavy atom. The maximum Gasteiger partial charge on any atom is 0.311 e. The molecule has 21 heavy (non-hydrogen) atoms. The van der Waals surface area contributed by atoms with Gasteiger partial charge in [0.2, 0.25) is 5.75 Å². The quantitative estimate of drug-likeness (QED) is 0.685. The lowest BCUT2D eigenvalue weighted by Gasteiger charge is -2.11. The predicted molar refractivity (Wildman–Crippen MR) is 74.9 cm³/mol. The van der Waals surface area contributed by atoms with Crippen LogP contribution in [0.15, 0.2) is 36.4 Å². The van der Waals surface area contributed by atoms with Gasteiger partial charge in [0.1, 0.15) is 11.6 Å². The van der Waals surface area contributed by atoms with Crippen LogP contribution in [0.4, 0.5) is 10.1 Å². The zero-order valence-corrected chi connectivity index (χ0v) is 11.5. The van der Waals surface area contributed by atoms with Crippen LogP contribution >= 0.6 is 0 Å². The number of nitro benzene ring substituents is 1. The zero-order valence-electron chi connectivity index (χ0n) is 11.5. The molecule has 0 radical (unpaired) electrons. The lowest BCUT2D eigenvalue weighted by Crippen LogP contribution is -1.98. The number of hydrogen-bond acceptors (Lipinski definition) is 4. The minimum absolute atomic E-state index is 0.00176. The van der Waals surface area contributed by atoms with Crippen LogP contribution in [0.2, 0.25) is 0 Å². The number of rotatable bonds is 4. The van der Waals surface area contributed by atoms with Gasteiger partial charge in [-0.05, 0) is 37.1 Å². The SMILES string of the molecule is Cc1ccc(F)cc1Oc1ccc([C@@H](C)O)cc1[N+](=O)[O-]. The molecule has 0 aliphatic rings. The first kappa shape index (κ1) is 14.9. The fourth-order valence-corrected chi connectivity index (χ4v) is 1.83. The van der Waals surface area contributed by atoms with Crippen molar-refractivity contribution < 1.29 is 19.2 Å². The molecule has 1 atom stereocenters. The van der Waals surface area contributed by atoms with Crippen LogP contribution in [0.1, 0.15) is 24.2 Å². The van der Waals surface area contributed by atoms with E-state index in [1.54, 1.807) is 6.92 Å². The summed E-state index contributed by atoms with van der Waals surface area (Å²) in [6, 6.07) is 8.15. The Morgan fingerprint density at radius 3 is 2.57 bits per heavy atom. The van der Waals surface area contributed by atoms with Crippen LogP contribution in [-0.4, -0.2) is 10.0 Å². The van der Waals surface area contributed by atoms with Gasteiger partial charge >= 0.3 is 5.69 Å². The second kappa shape index (κ2) is 5.88. The predicted octanol–water partition coefficient (Wildman–Crippen LogP) is 3.89. The van der Waals surface area contributed by atoms with E-state index in [0.717, 1.165) is 0 Å². The van der Waals surface area contributed by atoms with E-state index in [0.29, 0.717) is 11.1 Å². The maximum absolute atomic E-state index is 13.2. The number of aryl methyl sites for hydroxylation is 1. The molecule has 0 bridgehead atoms. The molecule has 0 heterocycles. The van der Waals surface area contributed by atoms with Gasteiger partial charge in [0.25, 0.3) is 0 Å². The minimum atomic E-state index is -0.825. The van der Waals surface area contributed by atoms with Gasteiger partial charge in [0.05, 0.1) is 11.0 Å². The summed E-state index contributed by atoms with van der Waals surface area (Å²) in [4.78, 5) is 10.5. The first-order chi connectivity index (χ1) is 9.88. The summed E-state index contributed by atoms with van der Waals surface area (Å²) in [7, 11) is 0. The van der Waals surface area contributed by atoms with E-state index in [1.807, 2.05) is 0 Å². The number of benzene rings is 2. The molecule has 2 aromatic carbocycles. The van der Waals surface area contributed by atoms with Crippen LogP contribution in [0.25, 0.3) is 0 Å². The molecule has 0 spiro atoms. The first-order valence-corrected chi connectivity index (χ1v) is 6.29. The Balaban J connectivity index is 2.44. The van der Waals surface area contributed by atoms with Gasteiger partial charge in [-0.3, -0.25) is 10.1 Å². The Kier molecular flexibility index (Phi) is 4.18. The van der Waals surface area contributed by atoms with Gasteiger partial charge in [-0.25, -0.2) is 4.39 Å². The molecule has 0 saturated carbocycles. The summed E-state index contributed by atoms with van der Waals surface area (Å²) in [5.41, 5.74) is 0.785. The van der Waals surface area contributed by atoms with Crippen molar-refractivity contribution in [3.63, 3.8) is 0 Å². The van der Waals surface area contributed by atoms with Gasteiger partial charge in [0.15, 0.2) is 0 Å². The van der Waals surface area contributed by atoms with E-state index in [1.165, 1.54) is 43.3 Å². The molecule has 0 unspecified atom stereocenters. The molecule has 0 saturated heterocycles. The van der Waals surface area contributed by atoms with Crippen molar-refractivity contribution >= 4 is 5.69 Å². The van der Waals surface area contributed by atoms with Crippen LogP contribution in [0, 0.1) is 22.9 Å². The van der Waals surface area contributed by atoms with Crippen molar-refractivity contribution in [3.05, 3.63) is 63.5 Å². The summed E-state index contributed by atoms with van der Waals surface area (Å²) in [6.07, 6.45) is -0.825. The Labute approximate surface area is 120 Å². The Morgan fingerprint density at radius 2 is 1.95 bits per heavy atom. The number of aliphatic hydroxyl groups is 1. The van der Waals surface area contributed by atoms with E-state index in [2.05, 4.69) is 0 Å². The summed E-state index contributed by atoms with van der Waals surface area (Å²) in [5.74, 6) is -0.278. The highest BCUT2D eigenvalue weighted by Gasteiger charge is 2.19. The molecule has 6 heteroatoms. The Hall–Kier alpha value is -2.47. The zero-order chi connectivity index (χ0) is 15.6. The van der Waals surface area contributed by atoms with Crippen molar-refractivity contribution in [1.29, 1.82) is 0 Å². The standard InChI is InChI=1S/C15H14FNO4/c1-9-3-5-12(16)8-15(9)21-14-6-4-11(10(2)18)7-13(14)17(19)20/h3-8,10,18H,1-2H3/t10-/m1/s1. The van der Waals surface area contributed by atoms with E-state index in [9.17, 15) is 19.6 Å².